The summed E-state index contributed by atoms with van der Waals surface area (Å²) in [6, 6.07) is 9.04. The second-order valence-electron chi connectivity index (χ2n) is 11.9. The lowest BCUT2D eigenvalue weighted by molar-refractivity contribution is 0.102. The van der Waals surface area contributed by atoms with Crippen molar-refractivity contribution in [2.75, 3.05) is 35.0 Å². The molecule has 1 amide bonds. The molecular weight excluding hydrogens is 554 g/mol. The number of hydrogen-bond acceptors (Lipinski definition) is 8. The minimum absolute atomic E-state index is 0.158. The number of ether oxygens (including phenoxy) is 1. The number of rotatable bonds is 9. The van der Waals surface area contributed by atoms with E-state index in [1.165, 1.54) is 7.11 Å². The number of hydrogen-bond donors (Lipinski definition) is 2. The highest BCUT2D eigenvalue weighted by Crippen LogP contribution is 2.40. The Balaban J connectivity index is 1.63. The van der Waals surface area contributed by atoms with Gasteiger partial charge in [0.05, 0.1) is 43.2 Å². The molecule has 4 rings (SSSR count). The van der Waals surface area contributed by atoms with Crippen molar-refractivity contribution in [3.05, 3.63) is 64.5 Å². The number of carbonyl (C=O) groups is 1. The molecule has 226 valence electrons. The molecule has 1 aromatic heterocycles. The fourth-order valence-corrected chi connectivity index (χ4v) is 5.58. The average molecular weight is 596 g/mol. The van der Waals surface area contributed by atoms with Crippen molar-refractivity contribution in [3.63, 3.8) is 0 Å². The SMILES string of the molecule is CCc1c(C2CN(c3cc(C(=O)Nc4cc(C(C)(C)C)cc(NS(C)(=O)=O)c4OC)ccc3C)N=N2)cnn1C(C)C. The highest BCUT2D eigenvalue weighted by atomic mass is 32.2. The van der Waals surface area contributed by atoms with Crippen LogP contribution in [0.5, 0.6) is 5.75 Å². The fourth-order valence-electron chi connectivity index (χ4n) is 5.03. The van der Waals surface area contributed by atoms with Gasteiger partial charge in [0.2, 0.25) is 10.0 Å². The van der Waals surface area contributed by atoms with Gasteiger partial charge in [0.25, 0.3) is 5.91 Å². The maximum atomic E-state index is 13.6. The zero-order chi connectivity index (χ0) is 31.0. The van der Waals surface area contributed by atoms with Gasteiger partial charge in [-0.2, -0.15) is 10.2 Å². The number of anilines is 3. The third kappa shape index (κ3) is 6.59. The van der Waals surface area contributed by atoms with E-state index in [4.69, 9.17) is 4.74 Å². The number of carbonyl (C=O) groups excluding carboxylic acids is 1. The number of methoxy groups -OCH3 is 1. The van der Waals surface area contributed by atoms with Crippen LogP contribution in [0, 0.1) is 6.92 Å². The summed E-state index contributed by atoms with van der Waals surface area (Å²) in [5.41, 5.74) is 5.47. The molecule has 2 aromatic carbocycles. The van der Waals surface area contributed by atoms with Gasteiger partial charge in [-0.05, 0) is 68.0 Å². The van der Waals surface area contributed by atoms with E-state index in [9.17, 15) is 13.2 Å². The largest absolute Gasteiger partial charge is 0.492 e. The molecule has 2 N–H and O–H groups in total. The molecule has 0 radical (unpaired) electrons. The van der Waals surface area contributed by atoms with Crippen molar-refractivity contribution in [1.82, 2.24) is 9.78 Å². The van der Waals surface area contributed by atoms with E-state index in [1.54, 1.807) is 24.3 Å². The van der Waals surface area contributed by atoms with Crippen LogP contribution in [0.2, 0.25) is 0 Å². The highest BCUT2D eigenvalue weighted by molar-refractivity contribution is 7.92. The predicted molar refractivity (Wildman–Crippen MR) is 166 cm³/mol. The zero-order valence-electron chi connectivity index (χ0n) is 25.8. The number of sulfonamides is 1. The van der Waals surface area contributed by atoms with Gasteiger partial charge in [-0.25, -0.2) is 13.4 Å². The standard InChI is InChI=1S/C30H41N7O4S/c1-10-26-22(16-31-37(26)18(2)3)25-17-36(35-33-25)27-13-20(12-11-19(27)4)29(38)32-23-14-21(30(5,6)7)15-24(28(23)41-8)34-42(9,39)40/h11-16,18,25,34H,10,17H2,1-9H3,(H,32,38). The Morgan fingerprint density at radius 1 is 1.17 bits per heavy atom. The minimum Gasteiger partial charge on any atom is -0.492 e. The Morgan fingerprint density at radius 2 is 1.86 bits per heavy atom. The van der Waals surface area contributed by atoms with Gasteiger partial charge in [0, 0.05) is 22.9 Å². The van der Waals surface area contributed by atoms with Crippen LogP contribution in [0.3, 0.4) is 0 Å². The molecule has 0 saturated carbocycles. The first-order valence-corrected chi connectivity index (χ1v) is 15.9. The highest BCUT2D eigenvalue weighted by Gasteiger charge is 2.28. The molecule has 1 atom stereocenters. The molecule has 1 aliphatic rings. The van der Waals surface area contributed by atoms with E-state index in [-0.39, 0.29) is 34.8 Å². The molecule has 1 aliphatic heterocycles. The summed E-state index contributed by atoms with van der Waals surface area (Å²) in [4.78, 5) is 13.6. The predicted octanol–water partition coefficient (Wildman–Crippen LogP) is 6.19. The van der Waals surface area contributed by atoms with E-state index in [0.717, 1.165) is 40.7 Å². The molecule has 3 aromatic rings. The summed E-state index contributed by atoms with van der Waals surface area (Å²) >= 11 is 0. The summed E-state index contributed by atoms with van der Waals surface area (Å²) in [5.74, 6) is -0.149. The number of nitrogens with zero attached hydrogens (tertiary/aromatic N) is 5. The topological polar surface area (TPSA) is 130 Å². The number of amides is 1. The number of benzene rings is 2. The molecule has 12 heteroatoms. The maximum absolute atomic E-state index is 13.6. The molecule has 0 fully saturated rings. The van der Waals surface area contributed by atoms with Gasteiger partial charge in [0.1, 0.15) is 6.04 Å². The lowest BCUT2D eigenvalue weighted by Crippen LogP contribution is -2.20. The quantitative estimate of drug-likeness (QED) is 0.303. The fraction of sp³-hybridized carbons (Fsp3) is 0.467. The summed E-state index contributed by atoms with van der Waals surface area (Å²) in [6.45, 7) is 14.8. The normalized spacial score (nSPS) is 15.4. The molecule has 11 nitrogen and oxygen atoms in total. The van der Waals surface area contributed by atoms with Crippen molar-refractivity contribution in [2.24, 2.45) is 10.3 Å². The van der Waals surface area contributed by atoms with Crippen LogP contribution in [-0.4, -0.2) is 44.0 Å². The van der Waals surface area contributed by atoms with Crippen molar-refractivity contribution in [2.45, 2.75) is 72.4 Å². The van der Waals surface area contributed by atoms with Crippen LogP contribution in [0.1, 0.15) is 86.4 Å². The average Bonchev–Trinajstić information content (AvgIpc) is 3.54. The lowest BCUT2D eigenvalue weighted by atomic mass is 9.86. The van der Waals surface area contributed by atoms with Crippen LogP contribution in [0.4, 0.5) is 17.1 Å². The maximum Gasteiger partial charge on any atom is 0.255 e. The molecule has 2 heterocycles. The van der Waals surface area contributed by atoms with Gasteiger partial charge in [-0.1, -0.05) is 39.0 Å². The second-order valence-corrected chi connectivity index (χ2v) is 13.7. The van der Waals surface area contributed by atoms with E-state index in [0.29, 0.717) is 17.8 Å². The molecule has 0 spiro atoms. The first-order valence-electron chi connectivity index (χ1n) is 14.0. The first kappa shape index (κ1) is 31.0. The molecule has 42 heavy (non-hydrogen) atoms. The second kappa shape index (κ2) is 11.7. The van der Waals surface area contributed by atoms with Gasteiger partial charge < -0.3 is 10.1 Å². The third-order valence-corrected chi connectivity index (χ3v) is 7.80. The Morgan fingerprint density at radius 3 is 2.45 bits per heavy atom. The lowest BCUT2D eigenvalue weighted by Gasteiger charge is -2.24. The van der Waals surface area contributed by atoms with E-state index in [1.807, 2.05) is 49.6 Å². The van der Waals surface area contributed by atoms with Gasteiger partial charge in [-0.15, -0.1) is 0 Å². The summed E-state index contributed by atoms with van der Waals surface area (Å²) in [6.07, 6.45) is 3.80. The summed E-state index contributed by atoms with van der Waals surface area (Å²) in [5, 5.41) is 18.3. The van der Waals surface area contributed by atoms with Crippen LogP contribution in [0.15, 0.2) is 46.9 Å². The molecular formula is C30H41N7O4S. The Hall–Kier alpha value is -3.93. The minimum atomic E-state index is -3.59. The van der Waals surface area contributed by atoms with Crippen LogP contribution in [0.25, 0.3) is 0 Å². The smallest absolute Gasteiger partial charge is 0.255 e. The Bertz CT molecular complexity index is 1620. The zero-order valence-corrected chi connectivity index (χ0v) is 26.6. The molecule has 0 saturated heterocycles. The summed E-state index contributed by atoms with van der Waals surface area (Å²) in [7, 11) is -2.16. The van der Waals surface area contributed by atoms with Gasteiger partial charge in [0.15, 0.2) is 5.75 Å². The summed E-state index contributed by atoms with van der Waals surface area (Å²) < 4.78 is 34.3. The third-order valence-electron chi connectivity index (χ3n) is 7.21. The van der Waals surface area contributed by atoms with Crippen molar-refractivity contribution in [3.8, 4) is 5.75 Å². The van der Waals surface area contributed by atoms with E-state index >= 15 is 0 Å². The first-order chi connectivity index (χ1) is 19.6. The number of nitrogens with one attached hydrogen (secondary N) is 2. The van der Waals surface area contributed by atoms with Crippen LogP contribution >= 0.6 is 0 Å². The van der Waals surface area contributed by atoms with Crippen molar-refractivity contribution < 1.29 is 17.9 Å². The van der Waals surface area contributed by atoms with Crippen molar-refractivity contribution >= 4 is 33.0 Å². The van der Waals surface area contributed by atoms with Gasteiger partial charge >= 0.3 is 0 Å². The number of aryl methyl sites for hydroxylation is 1. The van der Waals surface area contributed by atoms with E-state index < -0.39 is 10.0 Å². The Labute approximate surface area is 248 Å². The number of aromatic nitrogens is 2. The van der Waals surface area contributed by atoms with E-state index in [2.05, 4.69) is 46.2 Å². The molecule has 0 bridgehead atoms. The van der Waals surface area contributed by atoms with Crippen molar-refractivity contribution in [1.29, 1.82) is 0 Å². The van der Waals surface area contributed by atoms with Crippen LogP contribution < -0.4 is 19.8 Å². The van der Waals surface area contributed by atoms with Gasteiger partial charge in [-0.3, -0.25) is 14.2 Å². The van der Waals surface area contributed by atoms with Crippen LogP contribution in [-0.2, 0) is 21.9 Å². The molecule has 1 unspecified atom stereocenters. The monoisotopic (exact) mass is 595 g/mol. The molecule has 0 aliphatic carbocycles. The Kier molecular flexibility index (Phi) is 8.68.